The van der Waals surface area contributed by atoms with Crippen LogP contribution in [-0.4, -0.2) is 22.3 Å². The molecule has 2 aliphatic rings. The van der Waals surface area contributed by atoms with Gasteiger partial charge in [-0.1, -0.05) is 5.57 Å². The standard InChI is InChI=1S/C10H10O4/c1-5-2-10(13)14-9-4-8(12)7(11)3-6(5)9/h2-4,6,9,11-12H,1H3. The first-order valence-electron chi connectivity index (χ1n) is 4.28. The Morgan fingerprint density at radius 2 is 1.93 bits per heavy atom. The minimum Gasteiger partial charge on any atom is -0.504 e. The van der Waals surface area contributed by atoms with Gasteiger partial charge in [-0.05, 0) is 13.0 Å². The summed E-state index contributed by atoms with van der Waals surface area (Å²) in [7, 11) is 0. The van der Waals surface area contributed by atoms with Gasteiger partial charge in [-0.2, -0.15) is 0 Å². The molecule has 0 radical (unpaired) electrons. The molecule has 0 saturated carbocycles. The van der Waals surface area contributed by atoms with Crippen LogP contribution < -0.4 is 0 Å². The SMILES string of the molecule is CC1=CC(=O)OC2C=C(O)C(O)=CC12. The Kier molecular flexibility index (Phi) is 1.84. The molecule has 0 aromatic heterocycles. The molecule has 0 bridgehead atoms. The van der Waals surface area contributed by atoms with E-state index in [4.69, 9.17) is 4.74 Å². The van der Waals surface area contributed by atoms with Crippen LogP contribution >= 0.6 is 0 Å². The fourth-order valence-corrected chi connectivity index (χ4v) is 1.64. The van der Waals surface area contributed by atoms with E-state index in [9.17, 15) is 15.0 Å². The van der Waals surface area contributed by atoms with E-state index < -0.39 is 12.1 Å². The summed E-state index contributed by atoms with van der Waals surface area (Å²) in [4.78, 5) is 11.0. The highest BCUT2D eigenvalue weighted by Gasteiger charge is 2.32. The van der Waals surface area contributed by atoms with Gasteiger partial charge in [0, 0.05) is 18.1 Å². The van der Waals surface area contributed by atoms with Crippen molar-refractivity contribution in [3.63, 3.8) is 0 Å². The van der Waals surface area contributed by atoms with Gasteiger partial charge in [-0.3, -0.25) is 0 Å². The van der Waals surface area contributed by atoms with Gasteiger partial charge in [0.15, 0.2) is 11.5 Å². The summed E-state index contributed by atoms with van der Waals surface area (Å²) in [5, 5.41) is 18.5. The largest absolute Gasteiger partial charge is 0.504 e. The average Bonchev–Trinajstić information content (AvgIpc) is 2.08. The molecular weight excluding hydrogens is 184 g/mol. The number of fused-ring (bicyclic) bond motifs is 1. The molecular formula is C10H10O4. The lowest BCUT2D eigenvalue weighted by Crippen LogP contribution is -2.31. The number of aliphatic hydroxyl groups excluding tert-OH is 2. The van der Waals surface area contributed by atoms with Crippen molar-refractivity contribution in [1.82, 2.24) is 0 Å². The molecule has 4 nitrogen and oxygen atoms in total. The Bertz CT molecular complexity index is 376. The maximum atomic E-state index is 11.0. The number of hydrogen-bond donors (Lipinski definition) is 2. The number of rotatable bonds is 0. The van der Waals surface area contributed by atoms with Gasteiger partial charge in [0.05, 0.1) is 0 Å². The molecule has 0 aromatic carbocycles. The van der Waals surface area contributed by atoms with E-state index in [1.807, 2.05) is 0 Å². The van der Waals surface area contributed by atoms with Crippen LogP contribution in [0.1, 0.15) is 6.92 Å². The lowest BCUT2D eigenvalue weighted by atomic mass is 9.87. The molecule has 74 valence electrons. The monoisotopic (exact) mass is 194 g/mol. The highest BCUT2D eigenvalue weighted by molar-refractivity contribution is 5.84. The first kappa shape index (κ1) is 8.87. The molecule has 0 spiro atoms. The van der Waals surface area contributed by atoms with E-state index in [2.05, 4.69) is 0 Å². The molecule has 1 aliphatic carbocycles. The third kappa shape index (κ3) is 1.28. The third-order valence-electron chi connectivity index (χ3n) is 2.40. The predicted molar refractivity (Wildman–Crippen MR) is 48.6 cm³/mol. The topological polar surface area (TPSA) is 66.8 Å². The molecule has 0 fully saturated rings. The number of carbonyl (C=O) groups excluding carboxylic acids is 1. The van der Waals surface area contributed by atoms with Gasteiger partial charge in [0.2, 0.25) is 0 Å². The quantitative estimate of drug-likeness (QED) is 0.571. The lowest BCUT2D eigenvalue weighted by Gasteiger charge is -2.29. The van der Waals surface area contributed by atoms with Gasteiger partial charge in [0.1, 0.15) is 6.10 Å². The molecule has 1 aliphatic heterocycles. The van der Waals surface area contributed by atoms with E-state index >= 15 is 0 Å². The summed E-state index contributed by atoms with van der Waals surface area (Å²) in [6.07, 6.45) is 3.72. The Morgan fingerprint density at radius 3 is 2.64 bits per heavy atom. The van der Waals surface area contributed by atoms with Crippen molar-refractivity contribution in [3.8, 4) is 0 Å². The third-order valence-corrected chi connectivity index (χ3v) is 2.40. The molecule has 4 heteroatoms. The minimum absolute atomic E-state index is 0.163. The molecule has 2 unspecified atom stereocenters. The smallest absolute Gasteiger partial charge is 0.331 e. The van der Waals surface area contributed by atoms with Crippen molar-refractivity contribution in [2.45, 2.75) is 13.0 Å². The van der Waals surface area contributed by atoms with Crippen molar-refractivity contribution in [1.29, 1.82) is 0 Å². The Balaban J connectivity index is 2.39. The Labute approximate surface area is 80.8 Å². The van der Waals surface area contributed by atoms with Gasteiger partial charge in [-0.25, -0.2) is 4.79 Å². The predicted octanol–water partition coefficient (Wildman–Crippen LogP) is 1.37. The highest BCUT2D eigenvalue weighted by atomic mass is 16.5. The van der Waals surface area contributed by atoms with Crippen molar-refractivity contribution in [2.24, 2.45) is 5.92 Å². The van der Waals surface area contributed by atoms with Crippen LogP contribution in [0.25, 0.3) is 0 Å². The normalized spacial score (nSPS) is 30.9. The van der Waals surface area contributed by atoms with Crippen molar-refractivity contribution in [2.75, 3.05) is 0 Å². The lowest BCUT2D eigenvalue weighted by molar-refractivity contribution is -0.143. The zero-order valence-electron chi connectivity index (χ0n) is 7.60. The van der Waals surface area contributed by atoms with Gasteiger partial charge in [-0.15, -0.1) is 0 Å². The van der Waals surface area contributed by atoms with E-state index in [1.165, 1.54) is 18.2 Å². The number of carbonyl (C=O) groups is 1. The average molecular weight is 194 g/mol. The molecule has 0 aromatic rings. The fraction of sp³-hybridized carbons (Fsp3) is 0.300. The van der Waals surface area contributed by atoms with Gasteiger partial charge >= 0.3 is 5.97 Å². The van der Waals surface area contributed by atoms with Crippen LogP contribution in [0.15, 0.2) is 35.3 Å². The van der Waals surface area contributed by atoms with Crippen LogP contribution in [0.5, 0.6) is 0 Å². The molecule has 0 amide bonds. The van der Waals surface area contributed by atoms with Gasteiger partial charge < -0.3 is 14.9 Å². The summed E-state index contributed by atoms with van der Waals surface area (Å²) >= 11 is 0. The van der Waals surface area contributed by atoms with Crippen LogP contribution in [0.3, 0.4) is 0 Å². The van der Waals surface area contributed by atoms with Gasteiger partial charge in [0.25, 0.3) is 0 Å². The first-order valence-corrected chi connectivity index (χ1v) is 4.28. The maximum absolute atomic E-state index is 11.0. The molecule has 2 rings (SSSR count). The zero-order valence-corrected chi connectivity index (χ0v) is 7.60. The molecule has 14 heavy (non-hydrogen) atoms. The van der Waals surface area contributed by atoms with E-state index in [0.717, 1.165) is 5.57 Å². The first-order chi connectivity index (χ1) is 6.58. The number of esters is 1. The van der Waals surface area contributed by atoms with Crippen molar-refractivity contribution >= 4 is 5.97 Å². The van der Waals surface area contributed by atoms with Crippen LogP contribution in [0.2, 0.25) is 0 Å². The summed E-state index contributed by atoms with van der Waals surface area (Å²) in [6, 6.07) is 0. The number of ether oxygens (including phenoxy) is 1. The van der Waals surface area contributed by atoms with E-state index in [-0.39, 0.29) is 17.4 Å². The second-order valence-corrected chi connectivity index (χ2v) is 3.42. The Hall–Kier alpha value is -1.71. The minimum atomic E-state index is -0.497. The Morgan fingerprint density at radius 1 is 1.29 bits per heavy atom. The number of hydrogen-bond acceptors (Lipinski definition) is 4. The van der Waals surface area contributed by atoms with Crippen LogP contribution in [-0.2, 0) is 9.53 Å². The van der Waals surface area contributed by atoms with Crippen LogP contribution in [0, 0.1) is 5.92 Å². The summed E-state index contributed by atoms with van der Waals surface area (Å²) < 4.78 is 4.97. The summed E-state index contributed by atoms with van der Waals surface area (Å²) in [5.41, 5.74) is 0.821. The fourth-order valence-electron chi connectivity index (χ4n) is 1.64. The zero-order chi connectivity index (χ0) is 10.3. The summed E-state index contributed by atoms with van der Waals surface area (Å²) in [5.74, 6) is -0.989. The summed E-state index contributed by atoms with van der Waals surface area (Å²) in [6.45, 7) is 1.79. The molecule has 2 N–H and O–H groups in total. The van der Waals surface area contributed by atoms with Crippen molar-refractivity contribution in [3.05, 3.63) is 35.3 Å². The molecule has 1 heterocycles. The second kappa shape index (κ2) is 2.90. The van der Waals surface area contributed by atoms with Crippen molar-refractivity contribution < 1.29 is 19.7 Å². The van der Waals surface area contributed by atoms with E-state index in [0.29, 0.717) is 0 Å². The highest BCUT2D eigenvalue weighted by Crippen LogP contribution is 2.31. The maximum Gasteiger partial charge on any atom is 0.331 e. The molecule has 2 atom stereocenters. The molecule has 0 saturated heterocycles. The number of aliphatic hydroxyl groups is 2. The van der Waals surface area contributed by atoms with Crippen LogP contribution in [0.4, 0.5) is 0 Å². The second-order valence-electron chi connectivity index (χ2n) is 3.42. The van der Waals surface area contributed by atoms with E-state index in [1.54, 1.807) is 6.92 Å².